The number of halogens is 1. The molecule has 0 aliphatic rings. The van der Waals surface area contributed by atoms with Gasteiger partial charge in [-0.3, -0.25) is 4.98 Å². The molecule has 0 amide bonds. The van der Waals surface area contributed by atoms with Crippen LogP contribution in [0.1, 0.15) is 5.56 Å². The summed E-state index contributed by atoms with van der Waals surface area (Å²) < 4.78 is 13.1. The van der Waals surface area contributed by atoms with Crippen molar-refractivity contribution in [2.45, 2.75) is 6.92 Å². The summed E-state index contributed by atoms with van der Waals surface area (Å²) in [4.78, 5) is 7.06. The van der Waals surface area contributed by atoms with E-state index in [1.165, 1.54) is 23.2 Å². The van der Waals surface area contributed by atoms with Gasteiger partial charge in [-0.15, -0.1) is 0 Å². The van der Waals surface area contributed by atoms with Gasteiger partial charge in [-0.2, -0.15) is 0 Å². The van der Waals surface area contributed by atoms with Gasteiger partial charge in [0.2, 0.25) is 0 Å². The Morgan fingerprint density at radius 2 is 2.00 bits per heavy atom. The molecule has 3 aromatic rings. The van der Waals surface area contributed by atoms with Crippen molar-refractivity contribution in [2.75, 3.05) is 0 Å². The molecule has 84 valence electrons. The van der Waals surface area contributed by atoms with Crippen LogP contribution in [0.5, 0.6) is 0 Å². The van der Waals surface area contributed by atoms with E-state index in [0.717, 1.165) is 16.6 Å². The van der Waals surface area contributed by atoms with Crippen LogP contribution in [-0.4, -0.2) is 9.97 Å². The Kier molecular flexibility index (Phi) is 2.18. The summed E-state index contributed by atoms with van der Waals surface area (Å²) in [6, 6.07) is 7.53. The quantitative estimate of drug-likeness (QED) is 0.673. The van der Waals surface area contributed by atoms with Crippen molar-refractivity contribution in [3.05, 3.63) is 54.2 Å². The van der Waals surface area contributed by atoms with Crippen LogP contribution in [0.3, 0.4) is 0 Å². The fourth-order valence-electron chi connectivity index (χ4n) is 2.02. The highest BCUT2D eigenvalue weighted by atomic mass is 19.1. The number of pyridine rings is 1. The molecular formula is C14H11FN2. The van der Waals surface area contributed by atoms with Gasteiger partial charge < -0.3 is 4.98 Å². The van der Waals surface area contributed by atoms with Crippen molar-refractivity contribution >= 4 is 10.9 Å². The number of aryl methyl sites for hydroxylation is 1. The first-order valence-corrected chi connectivity index (χ1v) is 5.43. The van der Waals surface area contributed by atoms with Gasteiger partial charge in [0.25, 0.3) is 0 Å². The minimum Gasteiger partial charge on any atom is -0.361 e. The van der Waals surface area contributed by atoms with Crippen molar-refractivity contribution in [1.82, 2.24) is 9.97 Å². The monoisotopic (exact) mass is 226 g/mol. The van der Waals surface area contributed by atoms with E-state index in [9.17, 15) is 4.39 Å². The second kappa shape index (κ2) is 3.70. The third-order valence-corrected chi connectivity index (χ3v) is 2.93. The van der Waals surface area contributed by atoms with E-state index in [1.54, 1.807) is 6.20 Å². The lowest BCUT2D eigenvalue weighted by molar-refractivity contribution is 0.622. The van der Waals surface area contributed by atoms with Crippen molar-refractivity contribution in [1.29, 1.82) is 0 Å². The average Bonchev–Trinajstić information content (AvgIpc) is 2.71. The smallest absolute Gasteiger partial charge is 0.142 e. The van der Waals surface area contributed by atoms with E-state index in [0.29, 0.717) is 0 Å². The molecule has 0 bridgehead atoms. The van der Waals surface area contributed by atoms with Gasteiger partial charge in [-0.05, 0) is 30.2 Å². The Morgan fingerprint density at radius 1 is 1.12 bits per heavy atom. The maximum Gasteiger partial charge on any atom is 0.142 e. The van der Waals surface area contributed by atoms with Crippen LogP contribution in [0, 0.1) is 12.7 Å². The van der Waals surface area contributed by atoms with Crippen molar-refractivity contribution < 1.29 is 4.39 Å². The van der Waals surface area contributed by atoms with Crippen LogP contribution in [0.25, 0.3) is 22.0 Å². The zero-order valence-electron chi connectivity index (χ0n) is 9.37. The molecule has 0 radical (unpaired) electrons. The second-order valence-electron chi connectivity index (χ2n) is 4.12. The fraction of sp³-hybridized carbons (Fsp3) is 0.0714. The molecule has 0 spiro atoms. The number of H-pyrrole nitrogens is 1. The zero-order valence-corrected chi connectivity index (χ0v) is 9.37. The summed E-state index contributed by atoms with van der Waals surface area (Å²) in [6.07, 6.45) is 4.85. The molecule has 3 heteroatoms. The van der Waals surface area contributed by atoms with Gasteiger partial charge in [0, 0.05) is 28.9 Å². The summed E-state index contributed by atoms with van der Waals surface area (Å²) in [7, 11) is 0. The first-order chi connectivity index (χ1) is 8.24. The summed E-state index contributed by atoms with van der Waals surface area (Å²) in [5, 5.41) is 1.19. The van der Waals surface area contributed by atoms with Crippen molar-refractivity contribution in [3.8, 4) is 11.1 Å². The second-order valence-corrected chi connectivity index (χ2v) is 4.12. The molecule has 0 aliphatic heterocycles. The van der Waals surface area contributed by atoms with Gasteiger partial charge in [0.05, 0.1) is 6.20 Å². The molecular weight excluding hydrogens is 215 g/mol. The molecule has 17 heavy (non-hydrogen) atoms. The number of hydrogen-bond donors (Lipinski definition) is 1. The largest absolute Gasteiger partial charge is 0.361 e. The predicted molar refractivity (Wildman–Crippen MR) is 66.2 cm³/mol. The SMILES string of the molecule is Cc1c[nH]c2cc(-c3cncc(F)c3)ccc12. The molecule has 2 nitrogen and oxygen atoms in total. The van der Waals surface area contributed by atoms with E-state index < -0.39 is 0 Å². The molecule has 0 saturated carbocycles. The third kappa shape index (κ3) is 1.69. The fourth-order valence-corrected chi connectivity index (χ4v) is 2.02. The Hall–Kier alpha value is -2.16. The Balaban J connectivity index is 2.18. The standard InChI is InChI=1S/C14H11FN2/c1-9-6-17-14-5-10(2-3-13(9)14)11-4-12(15)8-16-7-11/h2-8,17H,1H3. The molecule has 2 aromatic heterocycles. The topological polar surface area (TPSA) is 28.7 Å². The van der Waals surface area contributed by atoms with E-state index in [2.05, 4.69) is 16.9 Å². The first-order valence-electron chi connectivity index (χ1n) is 5.43. The van der Waals surface area contributed by atoms with Crippen LogP contribution < -0.4 is 0 Å². The lowest BCUT2D eigenvalue weighted by Gasteiger charge is -2.01. The number of rotatable bonds is 1. The summed E-state index contributed by atoms with van der Waals surface area (Å²) in [6.45, 7) is 2.06. The van der Waals surface area contributed by atoms with E-state index in [1.807, 2.05) is 24.4 Å². The molecule has 0 aliphatic carbocycles. The van der Waals surface area contributed by atoms with E-state index in [-0.39, 0.29) is 5.82 Å². The summed E-state index contributed by atoms with van der Waals surface area (Å²) in [5.74, 6) is -0.315. The summed E-state index contributed by atoms with van der Waals surface area (Å²) >= 11 is 0. The molecule has 3 rings (SSSR count). The summed E-state index contributed by atoms with van der Waals surface area (Å²) in [5.41, 5.74) is 4.03. The number of hydrogen-bond acceptors (Lipinski definition) is 1. The third-order valence-electron chi connectivity index (χ3n) is 2.93. The van der Waals surface area contributed by atoms with E-state index >= 15 is 0 Å². The van der Waals surface area contributed by atoms with Gasteiger partial charge in [0.1, 0.15) is 5.82 Å². The van der Waals surface area contributed by atoms with Gasteiger partial charge >= 0.3 is 0 Å². The van der Waals surface area contributed by atoms with Crippen LogP contribution in [0.15, 0.2) is 42.9 Å². The average molecular weight is 226 g/mol. The number of benzene rings is 1. The number of aromatic amines is 1. The molecule has 0 fully saturated rings. The highest BCUT2D eigenvalue weighted by Crippen LogP contribution is 2.25. The van der Waals surface area contributed by atoms with Crippen LogP contribution in [0.4, 0.5) is 4.39 Å². The van der Waals surface area contributed by atoms with E-state index in [4.69, 9.17) is 0 Å². The van der Waals surface area contributed by atoms with Crippen molar-refractivity contribution in [2.24, 2.45) is 0 Å². The lowest BCUT2D eigenvalue weighted by Crippen LogP contribution is -1.83. The molecule has 2 heterocycles. The Bertz CT molecular complexity index is 686. The molecule has 0 unspecified atom stereocenters. The zero-order chi connectivity index (χ0) is 11.8. The molecule has 0 atom stereocenters. The normalized spacial score (nSPS) is 10.9. The van der Waals surface area contributed by atoms with Crippen LogP contribution >= 0.6 is 0 Å². The van der Waals surface area contributed by atoms with Gasteiger partial charge in [-0.1, -0.05) is 12.1 Å². The first kappa shape index (κ1) is 10.0. The Morgan fingerprint density at radius 3 is 2.82 bits per heavy atom. The van der Waals surface area contributed by atoms with Crippen molar-refractivity contribution in [3.63, 3.8) is 0 Å². The predicted octanol–water partition coefficient (Wildman–Crippen LogP) is 3.68. The van der Waals surface area contributed by atoms with Crippen LogP contribution in [0.2, 0.25) is 0 Å². The highest BCUT2D eigenvalue weighted by molar-refractivity contribution is 5.87. The molecule has 1 aromatic carbocycles. The highest BCUT2D eigenvalue weighted by Gasteiger charge is 2.03. The van der Waals surface area contributed by atoms with Crippen LogP contribution in [-0.2, 0) is 0 Å². The lowest BCUT2D eigenvalue weighted by atomic mass is 10.1. The Labute approximate surface area is 98.1 Å². The molecule has 0 saturated heterocycles. The number of nitrogens with one attached hydrogen (secondary N) is 1. The van der Waals surface area contributed by atoms with Gasteiger partial charge in [0.15, 0.2) is 0 Å². The maximum atomic E-state index is 13.1. The maximum absolute atomic E-state index is 13.1. The molecule has 1 N–H and O–H groups in total. The van der Waals surface area contributed by atoms with Gasteiger partial charge in [-0.25, -0.2) is 4.39 Å². The minimum atomic E-state index is -0.315. The number of fused-ring (bicyclic) bond motifs is 1. The number of nitrogens with zero attached hydrogens (tertiary/aromatic N) is 1. The number of aromatic nitrogens is 2. The minimum absolute atomic E-state index is 0.315.